The van der Waals surface area contributed by atoms with Crippen molar-refractivity contribution in [3.8, 4) is 0 Å². The van der Waals surface area contributed by atoms with Gasteiger partial charge in [-0.25, -0.2) is 14.4 Å². The predicted molar refractivity (Wildman–Crippen MR) is 174 cm³/mol. The number of hydrogen-bond donors (Lipinski definition) is 1. The van der Waals surface area contributed by atoms with Crippen molar-refractivity contribution in [3.63, 3.8) is 0 Å². The third kappa shape index (κ3) is 6.59. The van der Waals surface area contributed by atoms with E-state index in [0.29, 0.717) is 30.0 Å². The van der Waals surface area contributed by atoms with Gasteiger partial charge in [0, 0.05) is 43.9 Å². The van der Waals surface area contributed by atoms with Gasteiger partial charge in [0.05, 0.1) is 47.6 Å². The first-order chi connectivity index (χ1) is 21.1. The largest absolute Gasteiger partial charge is 0.389 e. The molecule has 2 aliphatic heterocycles. The Morgan fingerprint density at radius 2 is 1.20 bits per heavy atom. The van der Waals surface area contributed by atoms with E-state index >= 15 is 0 Å². The SMILES string of the molecule is C.FCCBr.FCCOC1CN(c2ccn3c(n2)nc2ccccc23)C1.OC1CN(c2ccn3c(n2)nc2ccccc23)C1. The van der Waals surface area contributed by atoms with Crippen molar-refractivity contribution < 1.29 is 18.6 Å². The van der Waals surface area contributed by atoms with E-state index in [1.807, 2.05) is 86.8 Å². The average molecular weight is 670 g/mol. The van der Waals surface area contributed by atoms with Crippen LogP contribution >= 0.6 is 15.9 Å². The van der Waals surface area contributed by atoms with Crippen LogP contribution in [0.1, 0.15) is 7.43 Å². The van der Waals surface area contributed by atoms with E-state index in [2.05, 4.69) is 40.8 Å². The number of fused-ring (bicyclic) bond motifs is 6. The van der Waals surface area contributed by atoms with Crippen LogP contribution in [0.5, 0.6) is 0 Å². The Morgan fingerprint density at radius 1 is 0.727 bits per heavy atom. The highest BCUT2D eigenvalue weighted by molar-refractivity contribution is 9.09. The first-order valence-corrected chi connectivity index (χ1v) is 15.1. The van der Waals surface area contributed by atoms with Gasteiger partial charge in [0.2, 0.25) is 11.6 Å². The maximum absolute atomic E-state index is 12.0. The van der Waals surface area contributed by atoms with E-state index in [1.54, 1.807) is 0 Å². The van der Waals surface area contributed by atoms with Gasteiger partial charge in [-0.05, 0) is 36.4 Å². The number of nitrogens with zero attached hydrogens (tertiary/aromatic N) is 8. The van der Waals surface area contributed by atoms with Gasteiger partial charge in [0.1, 0.15) is 18.3 Å². The van der Waals surface area contributed by atoms with Gasteiger partial charge < -0.3 is 19.6 Å². The Kier molecular flexibility index (Phi) is 10.2. The fourth-order valence-electron chi connectivity index (χ4n) is 5.01. The second-order valence-corrected chi connectivity index (χ2v) is 10.9. The maximum atomic E-state index is 12.0. The first kappa shape index (κ1) is 31.5. The zero-order valence-electron chi connectivity index (χ0n) is 23.3. The van der Waals surface area contributed by atoms with Crippen LogP contribution in [0.15, 0.2) is 73.1 Å². The number of para-hydroxylation sites is 4. The molecule has 44 heavy (non-hydrogen) atoms. The van der Waals surface area contributed by atoms with Gasteiger partial charge in [-0.1, -0.05) is 47.6 Å². The molecule has 6 aromatic rings. The molecule has 2 saturated heterocycles. The highest BCUT2D eigenvalue weighted by atomic mass is 79.9. The minimum absolute atomic E-state index is 0. The summed E-state index contributed by atoms with van der Waals surface area (Å²) >= 11 is 2.87. The summed E-state index contributed by atoms with van der Waals surface area (Å²) in [6.45, 7) is 2.30. The van der Waals surface area contributed by atoms with E-state index in [9.17, 15) is 13.9 Å². The second kappa shape index (κ2) is 14.2. The molecule has 0 amide bonds. The zero-order valence-corrected chi connectivity index (χ0v) is 24.9. The second-order valence-electron chi connectivity index (χ2n) is 10.1. The summed E-state index contributed by atoms with van der Waals surface area (Å²) in [5.41, 5.74) is 4.01. The molecule has 0 radical (unpaired) electrons. The van der Waals surface area contributed by atoms with Crippen molar-refractivity contribution in [2.45, 2.75) is 19.6 Å². The van der Waals surface area contributed by atoms with E-state index in [4.69, 9.17) is 4.74 Å². The first-order valence-electron chi connectivity index (χ1n) is 14.0. The van der Waals surface area contributed by atoms with E-state index in [0.717, 1.165) is 46.8 Å². The molecule has 10 nitrogen and oxygen atoms in total. The topological polar surface area (TPSA) is 96.3 Å². The molecule has 0 aliphatic carbocycles. The highest BCUT2D eigenvalue weighted by Gasteiger charge is 2.29. The molecule has 0 spiro atoms. The molecule has 0 saturated carbocycles. The van der Waals surface area contributed by atoms with E-state index in [1.165, 1.54) is 0 Å². The summed E-state index contributed by atoms with van der Waals surface area (Å²) in [6.07, 6.45) is 3.86. The lowest BCUT2D eigenvalue weighted by atomic mass is 10.1. The van der Waals surface area contributed by atoms with Crippen molar-refractivity contribution in [2.75, 3.05) is 61.3 Å². The van der Waals surface area contributed by atoms with Crippen molar-refractivity contribution in [1.82, 2.24) is 28.7 Å². The van der Waals surface area contributed by atoms with Crippen LogP contribution < -0.4 is 9.80 Å². The summed E-state index contributed by atoms with van der Waals surface area (Å²) < 4.78 is 32.0. The van der Waals surface area contributed by atoms with Crippen LogP contribution in [0, 0.1) is 0 Å². The normalized spacial score (nSPS) is 14.9. The fraction of sp³-hybridized carbons (Fsp3) is 0.355. The number of alkyl halides is 3. The summed E-state index contributed by atoms with van der Waals surface area (Å²) in [4.78, 5) is 22.3. The molecule has 0 bridgehead atoms. The molecule has 0 unspecified atom stereocenters. The number of halogens is 3. The number of aliphatic hydroxyl groups is 1. The van der Waals surface area contributed by atoms with E-state index < -0.39 is 6.67 Å². The van der Waals surface area contributed by atoms with Gasteiger partial charge in [0.25, 0.3) is 0 Å². The maximum Gasteiger partial charge on any atom is 0.236 e. The lowest BCUT2D eigenvalue weighted by molar-refractivity contribution is 0.0265. The number of ether oxygens (including phenoxy) is 1. The lowest BCUT2D eigenvalue weighted by Crippen LogP contribution is -2.52. The average Bonchev–Trinajstić information content (AvgIpc) is 3.56. The molecule has 2 aromatic carbocycles. The molecule has 6 heterocycles. The van der Waals surface area contributed by atoms with Gasteiger partial charge in [-0.3, -0.25) is 13.2 Å². The number of aliphatic hydroxyl groups excluding tert-OH is 1. The molecule has 4 aromatic heterocycles. The van der Waals surface area contributed by atoms with Crippen LogP contribution in [-0.2, 0) is 4.74 Å². The van der Waals surface area contributed by atoms with Crippen molar-refractivity contribution in [1.29, 1.82) is 0 Å². The van der Waals surface area contributed by atoms with Crippen molar-refractivity contribution in [2.24, 2.45) is 0 Å². The molecule has 2 aliphatic rings. The minimum atomic E-state index is -0.429. The molecule has 8 rings (SSSR count). The summed E-state index contributed by atoms with van der Waals surface area (Å²) in [7, 11) is 0. The summed E-state index contributed by atoms with van der Waals surface area (Å²) in [6, 6.07) is 19.9. The summed E-state index contributed by atoms with van der Waals surface area (Å²) in [5, 5.41) is 9.78. The summed E-state index contributed by atoms with van der Waals surface area (Å²) in [5.74, 6) is 3.16. The van der Waals surface area contributed by atoms with E-state index in [-0.39, 0.29) is 32.9 Å². The fourth-order valence-corrected chi connectivity index (χ4v) is 5.01. The Balaban J connectivity index is 0.000000154. The molecular formula is C31H35BrF2N8O2. The molecule has 1 N–H and O–H groups in total. The van der Waals surface area contributed by atoms with Gasteiger partial charge >= 0.3 is 0 Å². The Bertz CT molecular complexity index is 1820. The standard InChI is InChI=1S/C15H15FN4O.C13H12N4O.C2H4BrF.CH4/c16-6-8-21-11-9-19(10-11)14-5-7-20-13-4-2-1-3-12(13)17-15(20)18-14;18-9-7-16(8-9)12-5-6-17-11-4-2-1-3-10(11)14-13(17)15-12;3-1-2-4;/h1-5,7,11H,6,8-10H2;1-6,9,18H,7-8H2;1-2H2;1H4. The quantitative estimate of drug-likeness (QED) is 0.245. The number of β-amino-alcohol motifs (C(OH)–C–C–N with tert-alkyl or cyclic N) is 1. The van der Waals surface area contributed by atoms with Gasteiger partial charge in [-0.15, -0.1) is 0 Å². The number of hydrogen-bond acceptors (Lipinski definition) is 8. The Hall–Kier alpha value is -3.94. The Morgan fingerprint density at radius 3 is 1.66 bits per heavy atom. The molecule has 13 heteroatoms. The van der Waals surface area contributed by atoms with Crippen molar-refractivity contribution in [3.05, 3.63) is 73.1 Å². The molecule has 232 valence electrons. The van der Waals surface area contributed by atoms with Gasteiger partial charge in [-0.2, -0.15) is 9.97 Å². The smallest absolute Gasteiger partial charge is 0.236 e. The lowest BCUT2D eigenvalue weighted by Gasteiger charge is -2.39. The molecule has 2 fully saturated rings. The van der Waals surface area contributed by atoms with Crippen LogP contribution in [0.4, 0.5) is 20.4 Å². The third-order valence-corrected chi connectivity index (χ3v) is 7.49. The number of benzene rings is 2. The number of imidazole rings is 2. The highest BCUT2D eigenvalue weighted by Crippen LogP contribution is 2.23. The van der Waals surface area contributed by atoms with Crippen LogP contribution in [-0.4, -0.2) is 97.5 Å². The van der Waals surface area contributed by atoms with Crippen LogP contribution in [0.3, 0.4) is 0 Å². The number of anilines is 2. The van der Waals surface area contributed by atoms with Crippen LogP contribution in [0.25, 0.3) is 33.6 Å². The zero-order chi connectivity index (χ0) is 29.8. The molecular weight excluding hydrogens is 634 g/mol. The minimum Gasteiger partial charge on any atom is -0.389 e. The van der Waals surface area contributed by atoms with Gasteiger partial charge in [0.15, 0.2) is 0 Å². The monoisotopic (exact) mass is 668 g/mol. The predicted octanol–water partition coefficient (Wildman–Crippen LogP) is 5.11. The van der Waals surface area contributed by atoms with Crippen molar-refractivity contribution >= 4 is 61.2 Å². The van der Waals surface area contributed by atoms with Crippen LogP contribution in [0.2, 0.25) is 0 Å². The number of rotatable bonds is 6. The number of aromatic nitrogens is 6. The third-order valence-electron chi connectivity index (χ3n) is 7.19. The Labute approximate surface area is 262 Å². The molecule has 0 atom stereocenters.